The lowest BCUT2D eigenvalue weighted by atomic mass is 10.2. The minimum atomic E-state index is 0.683. The summed E-state index contributed by atoms with van der Waals surface area (Å²) < 4.78 is 10.8. The van der Waals surface area contributed by atoms with Gasteiger partial charge >= 0.3 is 0 Å². The second-order valence-electron chi connectivity index (χ2n) is 3.69. The van der Waals surface area contributed by atoms with Crippen LogP contribution in [0, 0.1) is 0 Å². The Kier molecular flexibility index (Phi) is 3.77. The molecule has 0 saturated heterocycles. The molecule has 16 heavy (non-hydrogen) atoms. The molecule has 0 aliphatic carbocycles. The van der Waals surface area contributed by atoms with Crippen LogP contribution in [0.15, 0.2) is 33.4 Å². The maximum Gasteiger partial charge on any atom is 0.194 e. The molecular weight excluding hydrogens is 204 g/mol. The van der Waals surface area contributed by atoms with Crippen molar-refractivity contribution in [2.45, 2.75) is 25.7 Å². The number of furan rings is 1. The molecule has 4 nitrogen and oxygen atoms in total. The third kappa shape index (κ3) is 2.97. The normalized spacial score (nSPS) is 10.8. The topological polar surface area (TPSA) is 65.2 Å². The van der Waals surface area contributed by atoms with Crippen molar-refractivity contribution in [1.29, 1.82) is 0 Å². The fourth-order valence-corrected chi connectivity index (χ4v) is 1.54. The summed E-state index contributed by atoms with van der Waals surface area (Å²) in [7, 11) is 0. The van der Waals surface area contributed by atoms with Crippen LogP contribution in [0.25, 0.3) is 0 Å². The van der Waals surface area contributed by atoms with E-state index in [-0.39, 0.29) is 0 Å². The largest absolute Gasteiger partial charge is 0.469 e. The number of hydrogen-bond acceptors (Lipinski definition) is 4. The minimum absolute atomic E-state index is 0.683. The average Bonchev–Trinajstić information content (AvgIpc) is 2.95. The molecule has 0 aliphatic rings. The fourth-order valence-electron chi connectivity index (χ4n) is 1.54. The first-order chi connectivity index (χ1) is 7.88. The van der Waals surface area contributed by atoms with Crippen molar-refractivity contribution in [3.63, 3.8) is 0 Å². The van der Waals surface area contributed by atoms with Crippen LogP contribution in [0.4, 0.5) is 0 Å². The fraction of sp³-hybridized carbons (Fsp3) is 0.417. The predicted octanol–water partition coefficient (Wildman–Crippen LogP) is 1.94. The van der Waals surface area contributed by atoms with Crippen molar-refractivity contribution in [3.8, 4) is 0 Å². The van der Waals surface area contributed by atoms with E-state index < -0.39 is 0 Å². The molecule has 0 unspecified atom stereocenters. The van der Waals surface area contributed by atoms with Crippen LogP contribution in [0.2, 0.25) is 0 Å². The minimum Gasteiger partial charge on any atom is -0.469 e. The molecule has 86 valence electrons. The number of nitrogens with two attached hydrogens (primary N) is 1. The SMILES string of the molecule is NCCCc1cnc(CCc2ccco2)o1. The molecule has 2 rings (SSSR count). The molecule has 0 spiro atoms. The molecule has 4 heteroatoms. The van der Waals surface area contributed by atoms with Crippen molar-refractivity contribution in [1.82, 2.24) is 4.98 Å². The van der Waals surface area contributed by atoms with Gasteiger partial charge in [0.2, 0.25) is 0 Å². The lowest BCUT2D eigenvalue weighted by Gasteiger charge is -1.94. The third-order valence-electron chi connectivity index (χ3n) is 2.39. The molecular formula is C12H16N2O2. The molecule has 0 radical (unpaired) electrons. The summed E-state index contributed by atoms with van der Waals surface area (Å²) >= 11 is 0. The Bertz CT molecular complexity index is 406. The Morgan fingerprint density at radius 2 is 2.12 bits per heavy atom. The highest BCUT2D eigenvalue weighted by Gasteiger charge is 2.05. The van der Waals surface area contributed by atoms with Gasteiger partial charge in [-0.3, -0.25) is 0 Å². The van der Waals surface area contributed by atoms with Crippen LogP contribution in [0.5, 0.6) is 0 Å². The standard InChI is InChI=1S/C12H16N2O2/c13-7-1-3-11-9-14-12(16-11)6-5-10-4-2-8-15-10/h2,4,8-9H,1,3,5-7,13H2. The number of aryl methyl sites for hydroxylation is 3. The number of nitrogens with zero attached hydrogens (tertiary/aromatic N) is 1. The number of aromatic nitrogens is 1. The monoisotopic (exact) mass is 220 g/mol. The molecule has 0 amide bonds. The molecule has 0 fully saturated rings. The first kappa shape index (κ1) is 11.0. The van der Waals surface area contributed by atoms with E-state index in [1.807, 2.05) is 12.1 Å². The van der Waals surface area contributed by atoms with Gasteiger partial charge in [-0.05, 0) is 25.1 Å². The maximum absolute atomic E-state index is 5.58. The van der Waals surface area contributed by atoms with Gasteiger partial charge in [0, 0.05) is 19.3 Å². The Hall–Kier alpha value is -1.55. The van der Waals surface area contributed by atoms with Crippen molar-refractivity contribution < 1.29 is 8.83 Å². The van der Waals surface area contributed by atoms with E-state index in [4.69, 9.17) is 14.6 Å². The van der Waals surface area contributed by atoms with Gasteiger partial charge in [-0.25, -0.2) is 4.98 Å². The molecule has 0 atom stereocenters. The van der Waals surface area contributed by atoms with Gasteiger partial charge < -0.3 is 14.6 Å². The van der Waals surface area contributed by atoms with Gasteiger partial charge in [0.25, 0.3) is 0 Å². The zero-order chi connectivity index (χ0) is 11.2. The summed E-state index contributed by atoms with van der Waals surface area (Å²) in [4.78, 5) is 4.22. The summed E-state index contributed by atoms with van der Waals surface area (Å²) in [6.07, 6.45) is 6.86. The van der Waals surface area contributed by atoms with E-state index >= 15 is 0 Å². The summed E-state index contributed by atoms with van der Waals surface area (Å²) in [5, 5.41) is 0. The Balaban J connectivity index is 1.83. The summed E-state index contributed by atoms with van der Waals surface area (Å²) in [5.74, 6) is 2.64. The second-order valence-corrected chi connectivity index (χ2v) is 3.69. The number of oxazole rings is 1. The van der Waals surface area contributed by atoms with Gasteiger partial charge in [0.1, 0.15) is 11.5 Å². The van der Waals surface area contributed by atoms with Crippen LogP contribution >= 0.6 is 0 Å². The van der Waals surface area contributed by atoms with Gasteiger partial charge in [-0.1, -0.05) is 0 Å². The highest BCUT2D eigenvalue weighted by atomic mass is 16.4. The smallest absolute Gasteiger partial charge is 0.194 e. The maximum atomic E-state index is 5.58. The lowest BCUT2D eigenvalue weighted by Crippen LogP contribution is -1.99. The molecule has 0 bridgehead atoms. The van der Waals surface area contributed by atoms with Crippen LogP contribution in [0.3, 0.4) is 0 Å². The van der Waals surface area contributed by atoms with E-state index in [9.17, 15) is 0 Å². The van der Waals surface area contributed by atoms with E-state index in [2.05, 4.69) is 4.98 Å². The number of hydrogen-bond donors (Lipinski definition) is 1. The van der Waals surface area contributed by atoms with Crippen LogP contribution < -0.4 is 5.73 Å². The molecule has 0 aliphatic heterocycles. The Labute approximate surface area is 94.5 Å². The first-order valence-corrected chi connectivity index (χ1v) is 5.54. The Morgan fingerprint density at radius 1 is 1.19 bits per heavy atom. The Morgan fingerprint density at radius 3 is 2.88 bits per heavy atom. The van der Waals surface area contributed by atoms with Crippen LogP contribution in [0.1, 0.15) is 23.8 Å². The molecule has 2 aromatic rings. The lowest BCUT2D eigenvalue weighted by molar-refractivity contribution is 0.437. The first-order valence-electron chi connectivity index (χ1n) is 5.54. The second kappa shape index (κ2) is 5.51. The van der Waals surface area contributed by atoms with Gasteiger partial charge in [-0.2, -0.15) is 0 Å². The predicted molar refractivity (Wildman–Crippen MR) is 60.0 cm³/mol. The van der Waals surface area contributed by atoms with Crippen molar-refractivity contribution in [2.75, 3.05) is 6.54 Å². The van der Waals surface area contributed by atoms with E-state index in [0.717, 1.165) is 43.1 Å². The zero-order valence-electron chi connectivity index (χ0n) is 9.19. The highest BCUT2D eigenvalue weighted by molar-refractivity contribution is 5.01. The molecule has 2 aromatic heterocycles. The zero-order valence-corrected chi connectivity index (χ0v) is 9.19. The van der Waals surface area contributed by atoms with Crippen molar-refractivity contribution >= 4 is 0 Å². The highest BCUT2D eigenvalue weighted by Crippen LogP contribution is 2.10. The van der Waals surface area contributed by atoms with Gasteiger partial charge in [0.15, 0.2) is 5.89 Å². The molecule has 0 aromatic carbocycles. The van der Waals surface area contributed by atoms with Gasteiger partial charge in [0.05, 0.1) is 12.5 Å². The van der Waals surface area contributed by atoms with Crippen molar-refractivity contribution in [3.05, 3.63) is 42.0 Å². The van der Waals surface area contributed by atoms with E-state index in [1.54, 1.807) is 12.5 Å². The molecule has 2 heterocycles. The van der Waals surface area contributed by atoms with Crippen LogP contribution in [-0.4, -0.2) is 11.5 Å². The van der Waals surface area contributed by atoms with E-state index in [0.29, 0.717) is 6.54 Å². The summed E-state index contributed by atoms with van der Waals surface area (Å²) in [6.45, 7) is 0.683. The average molecular weight is 220 g/mol. The third-order valence-corrected chi connectivity index (χ3v) is 2.39. The van der Waals surface area contributed by atoms with Crippen LogP contribution in [-0.2, 0) is 19.3 Å². The molecule has 2 N–H and O–H groups in total. The summed E-state index contributed by atoms with van der Waals surface area (Å²) in [6, 6.07) is 3.84. The quantitative estimate of drug-likeness (QED) is 0.808. The van der Waals surface area contributed by atoms with Crippen molar-refractivity contribution in [2.24, 2.45) is 5.73 Å². The van der Waals surface area contributed by atoms with E-state index in [1.165, 1.54) is 0 Å². The number of rotatable bonds is 6. The summed E-state index contributed by atoms with van der Waals surface area (Å²) in [5.41, 5.74) is 5.43. The molecule has 0 saturated carbocycles. The van der Waals surface area contributed by atoms with Gasteiger partial charge in [-0.15, -0.1) is 0 Å².